The highest BCUT2D eigenvalue weighted by Crippen LogP contribution is 2.24. The molecule has 0 aromatic heterocycles. The SMILES string of the molecule is N=C(N)NCCCC(N)C(=O)NC(Cc1c(F)c(F)c(F)c(F)c1F)C(=O)NC(CCCCNC(=O)O)C(N)=O. The number of rotatable bonds is 16. The van der Waals surface area contributed by atoms with Crippen molar-refractivity contribution < 1.29 is 46.2 Å². The van der Waals surface area contributed by atoms with E-state index in [1.54, 1.807) is 0 Å². The van der Waals surface area contributed by atoms with Crippen molar-refractivity contribution in [3.63, 3.8) is 0 Å². The van der Waals surface area contributed by atoms with Gasteiger partial charge in [-0.15, -0.1) is 0 Å². The van der Waals surface area contributed by atoms with Crippen LogP contribution in [0.15, 0.2) is 0 Å². The molecule has 0 aliphatic rings. The number of carbonyl (C=O) groups is 4. The molecule has 0 saturated heterocycles. The van der Waals surface area contributed by atoms with Crippen LogP contribution in [0.3, 0.4) is 0 Å². The molecular formula is C22H31F5N8O5. The van der Waals surface area contributed by atoms with Crippen LogP contribution in [0.25, 0.3) is 0 Å². The summed E-state index contributed by atoms with van der Waals surface area (Å²) in [5, 5.41) is 24.5. The van der Waals surface area contributed by atoms with Gasteiger partial charge in [0.1, 0.15) is 12.1 Å². The molecule has 0 radical (unpaired) electrons. The second-order valence-electron chi connectivity index (χ2n) is 8.59. The lowest BCUT2D eigenvalue weighted by molar-refractivity contribution is -0.131. The average Bonchev–Trinajstić information content (AvgIpc) is 2.88. The van der Waals surface area contributed by atoms with Gasteiger partial charge in [-0.05, 0) is 32.1 Å². The van der Waals surface area contributed by atoms with E-state index < -0.39 is 83.0 Å². The smallest absolute Gasteiger partial charge is 0.404 e. The minimum Gasteiger partial charge on any atom is -0.465 e. The summed E-state index contributed by atoms with van der Waals surface area (Å²) in [5.41, 5.74) is 14.8. The van der Waals surface area contributed by atoms with Crippen molar-refractivity contribution in [1.29, 1.82) is 5.41 Å². The summed E-state index contributed by atoms with van der Waals surface area (Å²) in [7, 11) is 0. The molecule has 0 heterocycles. The van der Waals surface area contributed by atoms with Crippen LogP contribution in [0.2, 0.25) is 0 Å². The van der Waals surface area contributed by atoms with Crippen molar-refractivity contribution in [2.45, 2.75) is 56.7 Å². The number of halogens is 5. The Morgan fingerprint density at radius 3 is 1.80 bits per heavy atom. The normalized spacial score (nSPS) is 13.1. The maximum Gasteiger partial charge on any atom is 0.404 e. The highest BCUT2D eigenvalue weighted by atomic mass is 19.2. The molecule has 4 amide bonds. The maximum atomic E-state index is 14.3. The van der Waals surface area contributed by atoms with E-state index in [1.165, 1.54) is 0 Å². The molecule has 13 nitrogen and oxygen atoms in total. The van der Waals surface area contributed by atoms with Crippen LogP contribution >= 0.6 is 0 Å². The molecule has 0 bridgehead atoms. The fraction of sp³-hybridized carbons (Fsp3) is 0.500. The van der Waals surface area contributed by atoms with Gasteiger partial charge in [0.25, 0.3) is 0 Å². The second-order valence-corrected chi connectivity index (χ2v) is 8.59. The number of primary amides is 1. The zero-order valence-electron chi connectivity index (χ0n) is 21.1. The number of amides is 4. The Bertz CT molecular complexity index is 1080. The Kier molecular flexibility index (Phi) is 13.5. The molecule has 1 rings (SSSR count). The van der Waals surface area contributed by atoms with Gasteiger partial charge in [-0.1, -0.05) is 0 Å². The Balaban J connectivity index is 3.13. The van der Waals surface area contributed by atoms with E-state index in [2.05, 4.69) is 21.3 Å². The van der Waals surface area contributed by atoms with Gasteiger partial charge in [0.15, 0.2) is 29.2 Å². The van der Waals surface area contributed by atoms with Crippen molar-refractivity contribution in [3.05, 3.63) is 34.6 Å². The summed E-state index contributed by atoms with van der Waals surface area (Å²) in [5.74, 6) is -15.0. The van der Waals surface area contributed by atoms with Crippen LogP contribution in [0.1, 0.15) is 37.7 Å². The highest BCUT2D eigenvalue weighted by molar-refractivity contribution is 5.92. The molecule has 3 unspecified atom stereocenters. The number of carbonyl (C=O) groups excluding carboxylic acids is 3. The highest BCUT2D eigenvalue weighted by Gasteiger charge is 2.32. The first-order valence-electron chi connectivity index (χ1n) is 11.9. The molecule has 0 aliphatic carbocycles. The summed E-state index contributed by atoms with van der Waals surface area (Å²) < 4.78 is 69.6. The Labute approximate surface area is 224 Å². The number of hydrogen-bond donors (Lipinski definition) is 9. The molecule has 0 fully saturated rings. The predicted molar refractivity (Wildman–Crippen MR) is 130 cm³/mol. The third-order valence-corrected chi connectivity index (χ3v) is 5.54. The van der Waals surface area contributed by atoms with E-state index in [1.807, 2.05) is 0 Å². The monoisotopic (exact) mass is 582 g/mol. The lowest BCUT2D eigenvalue weighted by Gasteiger charge is -2.24. The fourth-order valence-electron chi connectivity index (χ4n) is 3.42. The van der Waals surface area contributed by atoms with Crippen LogP contribution in [-0.2, 0) is 20.8 Å². The van der Waals surface area contributed by atoms with Gasteiger partial charge in [0.2, 0.25) is 23.5 Å². The van der Waals surface area contributed by atoms with Crippen molar-refractivity contribution >= 4 is 29.8 Å². The van der Waals surface area contributed by atoms with E-state index in [-0.39, 0.29) is 51.2 Å². The number of hydrogen-bond acceptors (Lipinski definition) is 6. The molecule has 40 heavy (non-hydrogen) atoms. The summed E-state index contributed by atoms with van der Waals surface area (Å²) in [4.78, 5) is 47.9. The molecule has 0 spiro atoms. The van der Waals surface area contributed by atoms with E-state index in [0.29, 0.717) is 0 Å². The molecule has 0 aliphatic heterocycles. The van der Waals surface area contributed by atoms with Crippen LogP contribution in [0, 0.1) is 34.5 Å². The zero-order chi connectivity index (χ0) is 30.6. The van der Waals surface area contributed by atoms with Crippen molar-refractivity contribution in [2.24, 2.45) is 17.2 Å². The summed E-state index contributed by atoms with van der Waals surface area (Å²) >= 11 is 0. The minimum absolute atomic E-state index is 0.0166. The largest absolute Gasteiger partial charge is 0.465 e. The molecule has 18 heteroatoms. The Morgan fingerprint density at radius 1 is 0.750 bits per heavy atom. The summed E-state index contributed by atoms with van der Waals surface area (Å²) in [6, 6.07) is -4.65. The van der Waals surface area contributed by atoms with E-state index in [4.69, 9.17) is 27.7 Å². The molecule has 0 saturated carbocycles. The van der Waals surface area contributed by atoms with E-state index in [0.717, 1.165) is 0 Å². The molecular weight excluding hydrogens is 551 g/mol. The number of carboxylic acid groups (broad SMARTS) is 1. The number of unbranched alkanes of at least 4 members (excludes halogenated alkanes) is 1. The van der Waals surface area contributed by atoms with Gasteiger partial charge in [-0.2, -0.15) is 0 Å². The molecule has 12 N–H and O–H groups in total. The van der Waals surface area contributed by atoms with Crippen LogP contribution in [-0.4, -0.2) is 66.1 Å². The summed E-state index contributed by atoms with van der Waals surface area (Å²) in [6.45, 7) is 0.181. The fourth-order valence-corrected chi connectivity index (χ4v) is 3.42. The van der Waals surface area contributed by atoms with Gasteiger partial charge in [0.05, 0.1) is 6.04 Å². The number of nitrogens with one attached hydrogen (secondary N) is 5. The van der Waals surface area contributed by atoms with E-state index >= 15 is 0 Å². The van der Waals surface area contributed by atoms with E-state index in [9.17, 15) is 41.1 Å². The van der Waals surface area contributed by atoms with Crippen molar-refractivity contribution in [1.82, 2.24) is 21.3 Å². The van der Waals surface area contributed by atoms with Crippen molar-refractivity contribution in [3.8, 4) is 0 Å². The molecule has 1 aromatic carbocycles. The zero-order valence-corrected chi connectivity index (χ0v) is 21.1. The number of nitrogens with two attached hydrogens (primary N) is 3. The molecule has 3 atom stereocenters. The lowest BCUT2D eigenvalue weighted by atomic mass is 10.0. The van der Waals surface area contributed by atoms with Gasteiger partial charge >= 0.3 is 6.09 Å². The summed E-state index contributed by atoms with van der Waals surface area (Å²) in [6.07, 6.45) is -1.96. The van der Waals surface area contributed by atoms with Crippen molar-refractivity contribution in [2.75, 3.05) is 13.1 Å². The van der Waals surface area contributed by atoms with Gasteiger partial charge in [-0.25, -0.2) is 26.7 Å². The predicted octanol–water partition coefficient (Wildman–Crippen LogP) is -0.592. The first kappa shape index (κ1) is 33.8. The second kappa shape index (κ2) is 16.0. The lowest BCUT2D eigenvalue weighted by Crippen LogP contribution is -2.56. The maximum absolute atomic E-state index is 14.3. The minimum atomic E-state index is -2.42. The van der Waals surface area contributed by atoms with Crippen LogP contribution < -0.4 is 38.5 Å². The quantitative estimate of drug-likeness (QED) is 0.0304. The standard InChI is InChI=1S/C22H31F5N8O5/c23-13-9(14(24)16(26)17(27)15(13)25)8-12(35-19(37)10(28)4-3-7-32-21(30)31)20(38)34-11(18(29)36)5-1-2-6-33-22(39)40/h10-12,33H,1-8,28H2,(H2,29,36)(H,34,38)(H,35,37)(H,39,40)(H4,30,31,32). The first-order valence-corrected chi connectivity index (χ1v) is 11.9. The third-order valence-electron chi connectivity index (χ3n) is 5.54. The third kappa shape index (κ3) is 10.5. The topological polar surface area (TPSA) is 239 Å². The van der Waals surface area contributed by atoms with Gasteiger partial charge < -0.3 is 43.6 Å². The van der Waals surface area contributed by atoms with Crippen LogP contribution in [0.5, 0.6) is 0 Å². The molecule has 224 valence electrons. The van der Waals surface area contributed by atoms with Crippen LogP contribution in [0.4, 0.5) is 26.7 Å². The van der Waals surface area contributed by atoms with Gasteiger partial charge in [0, 0.05) is 25.1 Å². The van der Waals surface area contributed by atoms with Gasteiger partial charge in [-0.3, -0.25) is 19.8 Å². The number of benzene rings is 1. The molecule has 1 aromatic rings. The number of guanidine groups is 1. The average molecular weight is 583 g/mol. The Morgan fingerprint density at radius 2 is 1.27 bits per heavy atom. The Hall–Kier alpha value is -4.22. The first-order chi connectivity index (χ1) is 18.7.